The highest BCUT2D eigenvalue weighted by atomic mass is 16.5. The molecule has 0 aromatic heterocycles. The quantitative estimate of drug-likeness (QED) is 0.348. The summed E-state index contributed by atoms with van der Waals surface area (Å²) < 4.78 is 6.26. The van der Waals surface area contributed by atoms with Crippen LogP contribution in [-0.4, -0.2) is 12.2 Å². The van der Waals surface area contributed by atoms with E-state index in [0.717, 1.165) is 41.4 Å². The van der Waals surface area contributed by atoms with Gasteiger partial charge in [0.2, 0.25) is 0 Å². The molecule has 4 aliphatic rings. The third-order valence-electron chi connectivity index (χ3n) is 11.2. The lowest BCUT2D eigenvalue weighted by molar-refractivity contribution is -0.0687. The topological polar surface area (TPSA) is 9.23 Å². The van der Waals surface area contributed by atoms with E-state index < -0.39 is 0 Å². The number of hydrogen-bond acceptors (Lipinski definition) is 1. The van der Waals surface area contributed by atoms with E-state index in [1.165, 1.54) is 57.8 Å². The fourth-order valence-electron chi connectivity index (χ4n) is 9.31. The van der Waals surface area contributed by atoms with Crippen molar-refractivity contribution in [1.29, 1.82) is 0 Å². The number of ether oxygens (including phenoxy) is 1. The Morgan fingerprint density at radius 2 is 1.73 bits per heavy atom. The average molecular weight is 455 g/mol. The van der Waals surface area contributed by atoms with Crippen LogP contribution >= 0.6 is 0 Å². The third kappa shape index (κ3) is 4.66. The minimum Gasteiger partial charge on any atom is -0.375 e. The Morgan fingerprint density at radius 3 is 2.39 bits per heavy atom. The van der Waals surface area contributed by atoms with E-state index in [9.17, 15) is 0 Å². The Labute approximate surface area is 206 Å². The largest absolute Gasteiger partial charge is 0.375 e. The first-order valence-electron chi connectivity index (χ1n) is 14.6. The molecule has 1 heteroatoms. The molecular formula is C32H54O. The molecule has 0 bridgehead atoms. The lowest BCUT2D eigenvalue weighted by atomic mass is 9.47. The van der Waals surface area contributed by atoms with Gasteiger partial charge in [-0.15, -0.1) is 0 Å². The fourth-order valence-corrected chi connectivity index (χ4v) is 9.31. The molecule has 0 unspecified atom stereocenters. The van der Waals surface area contributed by atoms with Gasteiger partial charge in [-0.25, -0.2) is 0 Å². The summed E-state index contributed by atoms with van der Waals surface area (Å²) in [4.78, 5) is 0. The molecule has 9 atom stereocenters. The molecule has 4 rings (SSSR count). The summed E-state index contributed by atoms with van der Waals surface area (Å²) in [5.41, 5.74) is 2.75. The van der Waals surface area contributed by atoms with Crippen LogP contribution in [0.1, 0.15) is 113 Å². The zero-order valence-electron chi connectivity index (χ0n) is 23.2. The Hall–Kier alpha value is -0.560. The van der Waals surface area contributed by atoms with Crippen molar-refractivity contribution < 1.29 is 4.74 Å². The second-order valence-electron chi connectivity index (χ2n) is 13.6. The molecule has 0 saturated heterocycles. The van der Waals surface area contributed by atoms with Gasteiger partial charge in [0, 0.05) is 0 Å². The van der Waals surface area contributed by atoms with E-state index in [-0.39, 0.29) is 0 Å². The maximum atomic E-state index is 6.26. The van der Waals surface area contributed by atoms with Gasteiger partial charge in [0.05, 0.1) is 12.2 Å². The molecule has 0 aliphatic heterocycles. The van der Waals surface area contributed by atoms with Gasteiger partial charge in [-0.1, -0.05) is 65.3 Å². The molecule has 4 aliphatic carbocycles. The van der Waals surface area contributed by atoms with Crippen molar-refractivity contribution in [2.24, 2.45) is 52.3 Å². The van der Waals surface area contributed by atoms with Crippen LogP contribution in [0.3, 0.4) is 0 Å². The number of allylic oxidation sites excluding steroid dienone is 3. The highest BCUT2D eigenvalue weighted by molar-refractivity contribution is 5.25. The minimum absolute atomic E-state index is 0.353. The van der Waals surface area contributed by atoms with Crippen molar-refractivity contribution >= 4 is 0 Å². The average Bonchev–Trinajstić information content (AvgIpc) is 3.11. The SMILES string of the molecule is CC[C@H](/C=C/[C@@H](C)[C@H]1CC[C@H]2[C@@H]3CC=C4C[C@@H](OC(C)C)CC[C@]4(C)[C@H]3CC[C@]12C)C(C)C. The van der Waals surface area contributed by atoms with Gasteiger partial charge in [-0.2, -0.15) is 0 Å². The molecule has 188 valence electrons. The van der Waals surface area contributed by atoms with Crippen molar-refractivity contribution in [1.82, 2.24) is 0 Å². The molecule has 0 amide bonds. The molecule has 0 heterocycles. The lowest BCUT2D eigenvalue weighted by Gasteiger charge is -2.58. The lowest BCUT2D eigenvalue weighted by Crippen LogP contribution is -2.51. The van der Waals surface area contributed by atoms with Gasteiger partial charge in [0.15, 0.2) is 0 Å². The van der Waals surface area contributed by atoms with Crippen LogP contribution in [0, 0.1) is 52.3 Å². The summed E-state index contributed by atoms with van der Waals surface area (Å²) in [6, 6.07) is 0. The van der Waals surface area contributed by atoms with E-state index in [1.807, 2.05) is 0 Å². The van der Waals surface area contributed by atoms with Crippen LogP contribution in [0.4, 0.5) is 0 Å². The number of hydrogen-bond donors (Lipinski definition) is 0. The molecule has 3 fully saturated rings. The van der Waals surface area contributed by atoms with Crippen LogP contribution in [0.2, 0.25) is 0 Å². The van der Waals surface area contributed by atoms with Crippen molar-refractivity contribution in [3.63, 3.8) is 0 Å². The highest BCUT2D eigenvalue weighted by Crippen LogP contribution is 2.67. The summed E-state index contributed by atoms with van der Waals surface area (Å²) in [5, 5.41) is 0. The number of rotatable bonds is 7. The number of fused-ring (bicyclic) bond motifs is 5. The van der Waals surface area contributed by atoms with Crippen LogP contribution < -0.4 is 0 Å². The summed E-state index contributed by atoms with van der Waals surface area (Å²) >= 11 is 0. The van der Waals surface area contributed by atoms with E-state index in [0.29, 0.717) is 23.0 Å². The normalized spacial score (nSPS) is 42.7. The Bertz CT molecular complexity index is 731. The summed E-state index contributed by atoms with van der Waals surface area (Å²) in [6.07, 6.45) is 20.9. The van der Waals surface area contributed by atoms with Gasteiger partial charge in [-0.3, -0.25) is 0 Å². The molecular weight excluding hydrogens is 400 g/mol. The van der Waals surface area contributed by atoms with Crippen LogP contribution in [0.25, 0.3) is 0 Å². The van der Waals surface area contributed by atoms with Gasteiger partial charge in [-0.05, 0) is 124 Å². The first-order valence-corrected chi connectivity index (χ1v) is 14.6. The zero-order chi connectivity index (χ0) is 24.0. The van der Waals surface area contributed by atoms with Gasteiger partial charge in [0.1, 0.15) is 0 Å². The predicted octanol–water partition coefficient (Wildman–Crippen LogP) is 9.23. The third-order valence-corrected chi connectivity index (χ3v) is 11.2. The summed E-state index contributed by atoms with van der Waals surface area (Å²) in [5.74, 6) is 5.85. The van der Waals surface area contributed by atoms with Crippen LogP contribution in [0.15, 0.2) is 23.8 Å². The Kier molecular flexibility index (Phi) is 7.60. The zero-order valence-corrected chi connectivity index (χ0v) is 23.2. The predicted molar refractivity (Wildman–Crippen MR) is 142 cm³/mol. The molecule has 0 radical (unpaired) electrons. The van der Waals surface area contributed by atoms with E-state index >= 15 is 0 Å². The monoisotopic (exact) mass is 454 g/mol. The maximum Gasteiger partial charge on any atom is 0.0616 e. The highest BCUT2D eigenvalue weighted by Gasteiger charge is 2.59. The van der Waals surface area contributed by atoms with E-state index in [1.54, 1.807) is 5.57 Å². The molecule has 33 heavy (non-hydrogen) atoms. The fraction of sp³-hybridized carbons (Fsp3) is 0.875. The molecule has 0 aromatic rings. The molecule has 0 aromatic carbocycles. The first kappa shape index (κ1) is 25.5. The van der Waals surface area contributed by atoms with E-state index in [2.05, 4.69) is 73.6 Å². The Morgan fingerprint density at radius 1 is 0.970 bits per heavy atom. The maximum absolute atomic E-state index is 6.26. The van der Waals surface area contributed by atoms with E-state index in [4.69, 9.17) is 4.74 Å². The second-order valence-corrected chi connectivity index (χ2v) is 13.6. The standard InChI is InChI=1S/C32H54O/c1-9-24(21(2)3)11-10-23(6)28-14-15-29-27-13-12-25-20-26(33-22(4)5)16-18-31(25,7)30(27)17-19-32(28,29)8/h10-12,21-24,26-30H,9,13-20H2,1-8H3/b11-10+/t23-,24-,26+,27+,28-,29+,30+,31+,32-/m1/s1. The van der Waals surface area contributed by atoms with Gasteiger partial charge in [0.25, 0.3) is 0 Å². The Balaban J connectivity index is 1.49. The van der Waals surface area contributed by atoms with Crippen molar-refractivity contribution in [3.8, 4) is 0 Å². The van der Waals surface area contributed by atoms with Crippen LogP contribution in [-0.2, 0) is 4.74 Å². The van der Waals surface area contributed by atoms with Crippen molar-refractivity contribution in [2.75, 3.05) is 0 Å². The first-order chi connectivity index (χ1) is 15.6. The minimum atomic E-state index is 0.353. The van der Waals surface area contributed by atoms with Crippen molar-refractivity contribution in [2.45, 2.75) is 125 Å². The van der Waals surface area contributed by atoms with Gasteiger partial charge < -0.3 is 4.74 Å². The van der Waals surface area contributed by atoms with Crippen molar-refractivity contribution in [3.05, 3.63) is 23.8 Å². The van der Waals surface area contributed by atoms with Gasteiger partial charge >= 0.3 is 0 Å². The molecule has 0 N–H and O–H groups in total. The smallest absolute Gasteiger partial charge is 0.0616 e. The summed E-state index contributed by atoms with van der Waals surface area (Å²) in [7, 11) is 0. The second kappa shape index (κ2) is 9.83. The molecule has 1 nitrogen and oxygen atoms in total. The van der Waals surface area contributed by atoms with Crippen LogP contribution in [0.5, 0.6) is 0 Å². The summed E-state index contributed by atoms with van der Waals surface area (Å²) in [6.45, 7) is 19.4. The molecule has 3 saturated carbocycles. The molecule has 0 spiro atoms.